The quantitative estimate of drug-likeness (QED) is 0.494. The molecular formula is C14H14FNO2. The molecular weight excluding hydrogens is 233 g/mol. The minimum Gasteiger partial charge on any atom is -0.373 e. The van der Waals surface area contributed by atoms with Gasteiger partial charge < -0.3 is 10.1 Å². The highest BCUT2D eigenvalue weighted by atomic mass is 19.1. The summed E-state index contributed by atoms with van der Waals surface area (Å²) in [7, 11) is 0. The molecule has 0 heterocycles. The van der Waals surface area contributed by atoms with E-state index in [0.29, 0.717) is 5.69 Å². The Morgan fingerprint density at radius 2 is 2.17 bits per heavy atom. The molecule has 1 N–H and O–H groups in total. The van der Waals surface area contributed by atoms with Crippen LogP contribution in [0.25, 0.3) is 0 Å². The molecule has 94 valence electrons. The fourth-order valence-corrected chi connectivity index (χ4v) is 2.02. The summed E-state index contributed by atoms with van der Waals surface area (Å²) in [6.07, 6.45) is 4.44. The number of carbonyl (C=O) groups is 2. The van der Waals surface area contributed by atoms with Crippen LogP contribution in [-0.4, -0.2) is 17.6 Å². The van der Waals surface area contributed by atoms with Crippen LogP contribution in [0, 0.1) is 5.82 Å². The van der Waals surface area contributed by atoms with Gasteiger partial charge in [0.15, 0.2) is 5.78 Å². The lowest BCUT2D eigenvalue weighted by atomic mass is 9.78. The SMILES string of the molecule is C=CC(=O)c1ccc(NC2(C=O)CCC2)cc1F. The molecule has 1 aromatic carbocycles. The average molecular weight is 247 g/mol. The molecule has 1 fully saturated rings. The lowest BCUT2D eigenvalue weighted by Crippen LogP contribution is -2.46. The Bertz CT molecular complexity index is 507. The van der Waals surface area contributed by atoms with Gasteiger partial charge in [-0.2, -0.15) is 0 Å². The van der Waals surface area contributed by atoms with E-state index >= 15 is 0 Å². The molecule has 2 rings (SSSR count). The van der Waals surface area contributed by atoms with Gasteiger partial charge in [0.05, 0.1) is 11.1 Å². The molecule has 1 aromatic rings. The second kappa shape index (κ2) is 4.72. The van der Waals surface area contributed by atoms with E-state index in [1.54, 1.807) is 6.07 Å². The van der Waals surface area contributed by atoms with Crippen LogP contribution in [0.15, 0.2) is 30.9 Å². The second-order valence-corrected chi connectivity index (χ2v) is 4.52. The first-order valence-electron chi connectivity index (χ1n) is 5.81. The zero-order valence-electron chi connectivity index (χ0n) is 9.91. The van der Waals surface area contributed by atoms with Gasteiger partial charge in [0.25, 0.3) is 0 Å². The van der Waals surface area contributed by atoms with Crippen LogP contribution < -0.4 is 5.32 Å². The minimum absolute atomic E-state index is 0.00990. The standard InChI is InChI=1S/C14H14FNO2/c1-2-13(18)11-5-4-10(8-12(11)15)16-14(9-17)6-3-7-14/h2,4-5,8-9,16H,1,3,6-7H2. The normalized spacial score (nSPS) is 16.5. The number of aldehydes is 1. The Labute approximate surface area is 105 Å². The fourth-order valence-electron chi connectivity index (χ4n) is 2.02. The molecule has 0 atom stereocenters. The van der Waals surface area contributed by atoms with Gasteiger partial charge in [-0.25, -0.2) is 4.39 Å². The smallest absolute Gasteiger partial charge is 0.188 e. The first kappa shape index (κ1) is 12.5. The zero-order valence-corrected chi connectivity index (χ0v) is 9.91. The summed E-state index contributed by atoms with van der Waals surface area (Å²) in [5.41, 5.74) is -0.0552. The molecule has 1 aliphatic carbocycles. The lowest BCUT2D eigenvalue weighted by molar-refractivity contribution is -0.113. The predicted octanol–water partition coefficient (Wildman–Crippen LogP) is 2.73. The topological polar surface area (TPSA) is 46.2 Å². The zero-order chi connectivity index (χ0) is 13.2. The van der Waals surface area contributed by atoms with Crippen molar-refractivity contribution >= 4 is 17.8 Å². The van der Waals surface area contributed by atoms with Gasteiger partial charge in [-0.15, -0.1) is 0 Å². The van der Waals surface area contributed by atoms with Gasteiger partial charge in [0.1, 0.15) is 12.1 Å². The van der Waals surface area contributed by atoms with E-state index in [1.807, 2.05) is 0 Å². The van der Waals surface area contributed by atoms with Crippen molar-refractivity contribution in [3.8, 4) is 0 Å². The Balaban J connectivity index is 2.21. The number of carbonyl (C=O) groups excluding carboxylic acids is 2. The van der Waals surface area contributed by atoms with E-state index in [2.05, 4.69) is 11.9 Å². The third kappa shape index (κ3) is 2.18. The summed E-state index contributed by atoms with van der Waals surface area (Å²) in [4.78, 5) is 22.3. The third-order valence-electron chi connectivity index (χ3n) is 3.28. The predicted molar refractivity (Wildman–Crippen MR) is 67.2 cm³/mol. The summed E-state index contributed by atoms with van der Waals surface area (Å²) in [6, 6.07) is 4.24. The number of hydrogen-bond acceptors (Lipinski definition) is 3. The Kier molecular flexibility index (Phi) is 3.28. The maximum atomic E-state index is 13.7. The van der Waals surface area contributed by atoms with E-state index in [1.165, 1.54) is 12.1 Å². The Morgan fingerprint density at radius 3 is 2.61 bits per heavy atom. The number of anilines is 1. The first-order valence-corrected chi connectivity index (χ1v) is 5.81. The molecule has 0 radical (unpaired) electrons. The molecule has 4 heteroatoms. The van der Waals surface area contributed by atoms with Crippen molar-refractivity contribution in [2.45, 2.75) is 24.8 Å². The number of benzene rings is 1. The van der Waals surface area contributed by atoms with E-state index in [4.69, 9.17) is 0 Å². The average Bonchev–Trinajstić information content (AvgIpc) is 2.33. The lowest BCUT2D eigenvalue weighted by Gasteiger charge is -2.38. The van der Waals surface area contributed by atoms with Gasteiger partial charge in [-0.3, -0.25) is 4.79 Å². The van der Waals surface area contributed by atoms with E-state index in [0.717, 1.165) is 31.6 Å². The van der Waals surface area contributed by atoms with Crippen molar-refractivity contribution in [1.82, 2.24) is 0 Å². The van der Waals surface area contributed by atoms with E-state index < -0.39 is 17.1 Å². The monoisotopic (exact) mass is 247 g/mol. The van der Waals surface area contributed by atoms with E-state index in [-0.39, 0.29) is 5.56 Å². The third-order valence-corrected chi connectivity index (χ3v) is 3.28. The number of hydrogen-bond donors (Lipinski definition) is 1. The van der Waals surface area contributed by atoms with Crippen LogP contribution in [0.2, 0.25) is 0 Å². The van der Waals surface area contributed by atoms with Crippen molar-refractivity contribution in [3.63, 3.8) is 0 Å². The maximum absolute atomic E-state index is 13.7. The summed E-state index contributed by atoms with van der Waals surface area (Å²) in [5, 5.41) is 3.02. The molecule has 1 aliphatic rings. The first-order chi connectivity index (χ1) is 8.60. The Hall–Kier alpha value is -1.97. The fraction of sp³-hybridized carbons (Fsp3) is 0.286. The van der Waals surface area contributed by atoms with Crippen molar-refractivity contribution in [3.05, 3.63) is 42.2 Å². The molecule has 3 nitrogen and oxygen atoms in total. The molecule has 0 spiro atoms. The van der Waals surface area contributed by atoms with Gasteiger partial charge in [-0.05, 0) is 43.5 Å². The van der Waals surface area contributed by atoms with Crippen LogP contribution in [0.4, 0.5) is 10.1 Å². The van der Waals surface area contributed by atoms with Crippen LogP contribution >= 0.6 is 0 Å². The van der Waals surface area contributed by atoms with Gasteiger partial charge in [0.2, 0.25) is 0 Å². The summed E-state index contributed by atoms with van der Waals surface area (Å²) < 4.78 is 13.7. The number of allylic oxidation sites excluding steroid dienone is 1. The largest absolute Gasteiger partial charge is 0.373 e. The molecule has 0 amide bonds. The summed E-state index contributed by atoms with van der Waals surface area (Å²) in [6.45, 7) is 3.32. The highest BCUT2D eigenvalue weighted by Gasteiger charge is 2.36. The number of nitrogens with one attached hydrogen (secondary N) is 1. The van der Waals surface area contributed by atoms with Crippen molar-refractivity contribution in [2.75, 3.05) is 5.32 Å². The molecule has 0 aromatic heterocycles. The van der Waals surface area contributed by atoms with Gasteiger partial charge >= 0.3 is 0 Å². The molecule has 18 heavy (non-hydrogen) atoms. The molecule has 0 saturated heterocycles. The highest BCUT2D eigenvalue weighted by molar-refractivity contribution is 6.04. The van der Waals surface area contributed by atoms with Crippen molar-refractivity contribution < 1.29 is 14.0 Å². The molecule has 1 saturated carbocycles. The number of ketones is 1. The van der Waals surface area contributed by atoms with Crippen LogP contribution in [0.1, 0.15) is 29.6 Å². The van der Waals surface area contributed by atoms with Crippen LogP contribution in [-0.2, 0) is 4.79 Å². The molecule has 0 aliphatic heterocycles. The summed E-state index contributed by atoms with van der Waals surface area (Å²) >= 11 is 0. The van der Waals surface area contributed by atoms with Crippen molar-refractivity contribution in [1.29, 1.82) is 0 Å². The maximum Gasteiger partial charge on any atom is 0.188 e. The van der Waals surface area contributed by atoms with Gasteiger partial charge in [0, 0.05) is 5.69 Å². The molecule has 0 unspecified atom stereocenters. The van der Waals surface area contributed by atoms with Crippen LogP contribution in [0.5, 0.6) is 0 Å². The minimum atomic E-state index is -0.606. The van der Waals surface area contributed by atoms with Gasteiger partial charge in [-0.1, -0.05) is 6.58 Å². The highest BCUT2D eigenvalue weighted by Crippen LogP contribution is 2.33. The number of halogens is 1. The van der Waals surface area contributed by atoms with E-state index in [9.17, 15) is 14.0 Å². The summed E-state index contributed by atoms with van der Waals surface area (Å²) in [5.74, 6) is -1.06. The second-order valence-electron chi connectivity index (χ2n) is 4.52. The number of rotatable bonds is 5. The van der Waals surface area contributed by atoms with Crippen LogP contribution in [0.3, 0.4) is 0 Å². The molecule has 0 bridgehead atoms. The Morgan fingerprint density at radius 1 is 1.44 bits per heavy atom. The van der Waals surface area contributed by atoms with Crippen molar-refractivity contribution in [2.24, 2.45) is 0 Å².